The number of nitrogens with one attached hydrogen (secondary N) is 1. The molecule has 0 atom stereocenters. The lowest BCUT2D eigenvalue weighted by molar-refractivity contribution is 0.0795. The van der Waals surface area contributed by atoms with Crippen LogP contribution in [0.4, 0.5) is 5.69 Å². The van der Waals surface area contributed by atoms with Gasteiger partial charge in [0, 0.05) is 22.8 Å². The molecule has 4 heteroatoms. The van der Waals surface area contributed by atoms with Gasteiger partial charge in [0.1, 0.15) is 0 Å². The quantitative estimate of drug-likeness (QED) is 0.597. The summed E-state index contributed by atoms with van der Waals surface area (Å²) in [7, 11) is 0. The number of hydrogen-bond donors (Lipinski definition) is 3. The Hall–Kier alpha value is -1.55. The highest BCUT2D eigenvalue weighted by Gasteiger charge is 2.19. The van der Waals surface area contributed by atoms with E-state index in [0.29, 0.717) is 16.8 Å². The summed E-state index contributed by atoms with van der Waals surface area (Å²) in [4.78, 5) is 0. The normalized spacial score (nSPS) is 13.2. The van der Waals surface area contributed by atoms with Gasteiger partial charge in [0.15, 0.2) is 1.41 Å². The van der Waals surface area contributed by atoms with E-state index in [-0.39, 0.29) is 0 Å². The number of fused-ring (bicyclic) bond motifs is 1. The first-order valence-corrected chi connectivity index (χ1v) is 4.39. The Morgan fingerprint density at radius 1 is 1.57 bits per heavy atom. The van der Waals surface area contributed by atoms with Gasteiger partial charge in [-0.15, -0.1) is 0 Å². The largest absolute Gasteiger partial charge is 0.398 e. The van der Waals surface area contributed by atoms with Crippen molar-refractivity contribution in [2.24, 2.45) is 0 Å². The molecule has 2 aromatic rings. The maximum Gasteiger partial charge on any atom is 0.189 e. The molecule has 0 spiro atoms. The molecule has 1 heterocycles. The Kier molecular flexibility index (Phi) is 1.52. The third-order valence-electron chi connectivity index (χ3n) is 2.22. The number of nitrogens with zero attached hydrogens (tertiary/aromatic N) is 1. The molecule has 0 aliphatic carbocycles. The highest BCUT2D eigenvalue weighted by Crippen LogP contribution is 2.29. The van der Waals surface area contributed by atoms with E-state index < -0.39 is 5.60 Å². The van der Waals surface area contributed by atoms with Crippen molar-refractivity contribution in [2.45, 2.75) is 19.4 Å². The first-order chi connectivity index (χ1) is 6.88. The zero-order valence-corrected chi connectivity index (χ0v) is 8.15. The van der Waals surface area contributed by atoms with Gasteiger partial charge in [0.25, 0.3) is 0 Å². The van der Waals surface area contributed by atoms with Crippen LogP contribution in [0.5, 0.6) is 0 Å². The lowest BCUT2D eigenvalue weighted by Gasteiger charge is -2.19. The number of aliphatic hydroxyl groups is 1. The Labute approximate surface area is 83.2 Å². The summed E-state index contributed by atoms with van der Waals surface area (Å²) >= 11 is 0. The second-order valence-electron chi connectivity index (χ2n) is 3.90. The molecule has 0 saturated carbocycles. The van der Waals surface area contributed by atoms with Gasteiger partial charge in [0.2, 0.25) is 0 Å². The third-order valence-corrected chi connectivity index (χ3v) is 2.22. The van der Waals surface area contributed by atoms with Crippen molar-refractivity contribution < 1.29 is 6.52 Å². The van der Waals surface area contributed by atoms with Crippen LogP contribution in [-0.4, -0.2) is 15.3 Å². The smallest absolute Gasteiger partial charge is 0.189 e. The second kappa shape index (κ2) is 2.72. The number of rotatable bonds is 1. The van der Waals surface area contributed by atoms with Crippen LogP contribution in [0.2, 0.25) is 1.41 Å². The van der Waals surface area contributed by atoms with Crippen molar-refractivity contribution >= 4 is 16.6 Å². The summed E-state index contributed by atoms with van der Waals surface area (Å²) in [5.74, 6) is 0. The van der Waals surface area contributed by atoms with Crippen LogP contribution in [0.25, 0.3) is 10.9 Å². The van der Waals surface area contributed by atoms with Crippen LogP contribution in [0.3, 0.4) is 0 Å². The molecule has 0 amide bonds. The van der Waals surface area contributed by atoms with Crippen LogP contribution >= 0.6 is 0 Å². The van der Waals surface area contributed by atoms with E-state index in [1.807, 2.05) is 0 Å². The lowest BCUT2D eigenvalue weighted by Crippen LogP contribution is -2.17. The minimum Gasteiger partial charge on any atom is -0.398 e. The number of hydrogen-bond acceptors (Lipinski definition) is 3. The van der Waals surface area contributed by atoms with Crippen LogP contribution in [-0.2, 0) is 5.60 Å². The first-order valence-electron chi connectivity index (χ1n) is 4.83. The van der Waals surface area contributed by atoms with Crippen LogP contribution in [0, 0.1) is 0 Å². The molecule has 14 heavy (non-hydrogen) atoms. The van der Waals surface area contributed by atoms with Gasteiger partial charge in [-0.05, 0) is 26.0 Å². The molecule has 74 valence electrons. The number of aromatic amines is 1. The predicted octanol–water partition coefficient (Wildman–Crippen LogP) is 1.37. The van der Waals surface area contributed by atoms with Crippen LogP contribution in [0.15, 0.2) is 18.3 Å². The van der Waals surface area contributed by atoms with Crippen LogP contribution < -0.4 is 5.73 Å². The minimum atomic E-state index is -0.996. The van der Waals surface area contributed by atoms with Crippen molar-refractivity contribution in [2.75, 3.05) is 5.73 Å². The summed E-state index contributed by atoms with van der Waals surface area (Å²) in [6, 6.07) is 3.44. The van der Waals surface area contributed by atoms with E-state index in [1.165, 1.54) is 0 Å². The molecule has 0 unspecified atom stereocenters. The molecule has 0 aliphatic heterocycles. The minimum absolute atomic E-state index is 0.517. The Morgan fingerprint density at radius 3 is 2.93 bits per heavy atom. The number of H-pyrrole nitrogens is 1. The average Bonchev–Trinajstić information content (AvgIpc) is 2.40. The van der Waals surface area contributed by atoms with E-state index in [9.17, 15) is 5.11 Å². The number of benzene rings is 1. The van der Waals surface area contributed by atoms with Gasteiger partial charge in [-0.25, -0.2) is 0 Å². The van der Waals surface area contributed by atoms with E-state index in [0.717, 1.165) is 10.5 Å². The average molecular weight is 192 g/mol. The number of nitrogens with two attached hydrogens (primary N) is 1. The van der Waals surface area contributed by atoms with Crippen molar-refractivity contribution in [3.8, 4) is 0 Å². The molecule has 0 aliphatic rings. The number of nitrogen functional groups attached to an aromatic ring is 1. The maximum atomic E-state index is 9.87. The van der Waals surface area contributed by atoms with Crippen molar-refractivity contribution in [3.05, 3.63) is 23.9 Å². The molecule has 0 saturated heterocycles. The van der Waals surface area contributed by atoms with E-state index in [1.54, 1.807) is 32.2 Å². The molecule has 0 radical (unpaired) electrons. The number of aromatic nitrogens is 2. The lowest BCUT2D eigenvalue weighted by atomic mass is 9.95. The molecule has 4 N–H and O–H groups in total. The van der Waals surface area contributed by atoms with Gasteiger partial charge in [-0.3, -0.25) is 5.09 Å². The summed E-state index contributed by atoms with van der Waals surface area (Å²) in [5.41, 5.74) is 6.64. The number of anilines is 1. The van der Waals surface area contributed by atoms with Crippen molar-refractivity contribution in [3.63, 3.8) is 0 Å². The standard InChI is InChI=1S/C10H13N3O/c1-10(2,14)7-4-9-6(3-8(7)11)5-12-13-9/h3-5,14H,11H2,1-2H3,(H,12,13)/i/hD. The Balaban J connectivity index is 2.72. The van der Waals surface area contributed by atoms with Crippen molar-refractivity contribution in [1.82, 2.24) is 10.2 Å². The summed E-state index contributed by atoms with van der Waals surface area (Å²) in [5, 5.41) is 15.6. The molecule has 0 bridgehead atoms. The highest BCUT2D eigenvalue weighted by atomic mass is 16.3. The van der Waals surface area contributed by atoms with Gasteiger partial charge in [-0.2, -0.15) is 5.10 Å². The fourth-order valence-corrected chi connectivity index (χ4v) is 1.50. The first kappa shape index (κ1) is 7.82. The molecular weight excluding hydrogens is 178 g/mol. The Morgan fingerprint density at radius 2 is 2.29 bits per heavy atom. The second-order valence-corrected chi connectivity index (χ2v) is 3.90. The topological polar surface area (TPSA) is 74.9 Å². The highest BCUT2D eigenvalue weighted by molar-refractivity contribution is 5.83. The molecular formula is C10H13N3O. The molecule has 1 aromatic carbocycles. The fraction of sp³-hybridized carbons (Fsp3) is 0.300. The zero-order chi connectivity index (χ0) is 11.2. The zero-order valence-electron chi connectivity index (χ0n) is 9.15. The monoisotopic (exact) mass is 192 g/mol. The summed E-state index contributed by atoms with van der Waals surface area (Å²) in [6.45, 7) is 3.34. The van der Waals surface area contributed by atoms with E-state index in [2.05, 4.69) is 5.10 Å². The third kappa shape index (κ3) is 1.33. The Bertz CT molecular complexity index is 513. The van der Waals surface area contributed by atoms with Gasteiger partial charge < -0.3 is 10.8 Å². The molecule has 4 nitrogen and oxygen atoms in total. The summed E-state index contributed by atoms with van der Waals surface area (Å²) < 4.78 is 7.32. The van der Waals surface area contributed by atoms with Crippen LogP contribution in [0.1, 0.15) is 19.4 Å². The van der Waals surface area contributed by atoms with Gasteiger partial charge in [0.05, 0.1) is 11.1 Å². The molecule has 1 aromatic heterocycles. The van der Waals surface area contributed by atoms with Gasteiger partial charge in [-0.1, -0.05) is 0 Å². The maximum absolute atomic E-state index is 9.87. The van der Waals surface area contributed by atoms with Gasteiger partial charge >= 0.3 is 0 Å². The molecule has 2 rings (SSSR count). The molecule has 0 fully saturated rings. The van der Waals surface area contributed by atoms with E-state index >= 15 is 0 Å². The fourth-order valence-electron chi connectivity index (χ4n) is 1.50. The summed E-state index contributed by atoms with van der Waals surface area (Å²) in [6.07, 6.45) is 1.57. The van der Waals surface area contributed by atoms with Crippen molar-refractivity contribution in [1.29, 1.82) is 0 Å². The predicted molar refractivity (Wildman–Crippen MR) is 55.8 cm³/mol. The SMILES string of the molecule is [2H]n1cc2cc(N)c(C(C)(C)O)cc2n1. The van der Waals surface area contributed by atoms with E-state index in [4.69, 9.17) is 7.15 Å².